The lowest BCUT2D eigenvalue weighted by atomic mass is 10.1. The second-order valence-corrected chi connectivity index (χ2v) is 6.84. The zero-order chi connectivity index (χ0) is 17.7. The molecule has 0 aromatic heterocycles. The second kappa shape index (κ2) is 8.31. The topological polar surface area (TPSA) is 54.9 Å². The van der Waals surface area contributed by atoms with Crippen LogP contribution in [0, 0.1) is 13.8 Å². The van der Waals surface area contributed by atoms with Crippen LogP contribution in [0.1, 0.15) is 29.7 Å². The van der Waals surface area contributed by atoms with Gasteiger partial charge in [0.2, 0.25) is 0 Å². The first-order chi connectivity index (χ1) is 11.4. The maximum Gasteiger partial charge on any atom is 0.279 e. The summed E-state index contributed by atoms with van der Waals surface area (Å²) in [5, 5.41) is 5.00. The highest BCUT2D eigenvalue weighted by Gasteiger charge is 2.14. The largest absolute Gasteiger partial charge is 0.496 e. The Labute approximate surface area is 151 Å². The molecule has 0 fully saturated rings. The van der Waals surface area contributed by atoms with Crippen molar-refractivity contribution in [3.8, 4) is 5.75 Å². The minimum absolute atomic E-state index is 0.00128. The van der Waals surface area contributed by atoms with Crippen LogP contribution in [0.3, 0.4) is 0 Å². The number of aryl methyl sites for hydroxylation is 2. The number of rotatable bonds is 6. The van der Waals surface area contributed by atoms with Crippen LogP contribution in [0.4, 0.5) is 5.69 Å². The lowest BCUT2D eigenvalue weighted by Gasteiger charge is -2.13. The molecule has 0 aliphatic carbocycles. The molecular weight excluding hydrogens is 368 g/mol. The lowest BCUT2D eigenvalue weighted by Crippen LogP contribution is -2.86. The van der Waals surface area contributed by atoms with E-state index >= 15 is 0 Å². The van der Waals surface area contributed by atoms with Crippen LogP contribution in [0.15, 0.2) is 40.9 Å². The van der Waals surface area contributed by atoms with Crippen molar-refractivity contribution in [1.29, 1.82) is 0 Å². The molecule has 4 nitrogen and oxygen atoms in total. The zero-order valence-electron chi connectivity index (χ0n) is 14.5. The molecule has 0 unspecified atom stereocenters. The molecule has 1 amide bonds. The normalized spacial score (nSPS) is 11.9. The third-order valence-electron chi connectivity index (χ3n) is 4.01. The molecule has 0 saturated heterocycles. The van der Waals surface area contributed by atoms with Crippen molar-refractivity contribution in [2.24, 2.45) is 0 Å². The van der Waals surface area contributed by atoms with E-state index in [-0.39, 0.29) is 11.9 Å². The van der Waals surface area contributed by atoms with Crippen LogP contribution >= 0.6 is 15.9 Å². The Morgan fingerprint density at radius 2 is 2.00 bits per heavy atom. The zero-order valence-corrected chi connectivity index (χ0v) is 16.1. The third-order valence-corrected chi connectivity index (χ3v) is 4.63. The SMILES string of the molecule is COc1ccc([C@H](C)[NH2+]CC(=O)Nc2ccc(C)cc2C)cc1Br. The summed E-state index contributed by atoms with van der Waals surface area (Å²) in [7, 11) is 1.65. The van der Waals surface area contributed by atoms with E-state index in [1.807, 2.05) is 49.5 Å². The van der Waals surface area contributed by atoms with Gasteiger partial charge in [-0.3, -0.25) is 4.79 Å². The van der Waals surface area contributed by atoms with Crippen molar-refractivity contribution in [3.63, 3.8) is 0 Å². The molecule has 0 bridgehead atoms. The van der Waals surface area contributed by atoms with Crippen LogP contribution < -0.4 is 15.4 Å². The summed E-state index contributed by atoms with van der Waals surface area (Å²) in [5.74, 6) is 0.805. The first-order valence-corrected chi connectivity index (χ1v) is 8.74. The number of quaternary nitrogens is 1. The number of methoxy groups -OCH3 is 1. The number of hydrogen-bond acceptors (Lipinski definition) is 2. The molecule has 0 spiro atoms. The van der Waals surface area contributed by atoms with Gasteiger partial charge in [0.1, 0.15) is 11.8 Å². The fraction of sp³-hybridized carbons (Fsp3) is 0.316. The number of halogens is 1. The number of hydrogen-bond donors (Lipinski definition) is 2. The molecule has 3 N–H and O–H groups in total. The van der Waals surface area contributed by atoms with Crippen LogP contribution in [0.25, 0.3) is 0 Å². The summed E-state index contributed by atoms with van der Waals surface area (Å²) < 4.78 is 6.16. The van der Waals surface area contributed by atoms with Gasteiger partial charge in [-0.1, -0.05) is 17.7 Å². The van der Waals surface area contributed by atoms with E-state index in [1.165, 1.54) is 5.56 Å². The molecule has 2 rings (SSSR count). The van der Waals surface area contributed by atoms with Gasteiger partial charge >= 0.3 is 0 Å². The van der Waals surface area contributed by atoms with E-state index in [0.29, 0.717) is 6.54 Å². The molecule has 0 aliphatic rings. The number of nitrogens with one attached hydrogen (secondary N) is 1. The highest BCUT2D eigenvalue weighted by molar-refractivity contribution is 9.10. The van der Waals surface area contributed by atoms with Gasteiger partial charge in [-0.15, -0.1) is 0 Å². The van der Waals surface area contributed by atoms with E-state index in [4.69, 9.17) is 4.74 Å². The molecule has 2 aromatic rings. The highest BCUT2D eigenvalue weighted by atomic mass is 79.9. The number of benzene rings is 2. The summed E-state index contributed by atoms with van der Waals surface area (Å²) >= 11 is 3.50. The quantitative estimate of drug-likeness (QED) is 0.793. The van der Waals surface area contributed by atoms with Crippen molar-refractivity contribution in [3.05, 3.63) is 57.6 Å². The molecule has 0 heterocycles. The Kier molecular flexibility index (Phi) is 6.40. The first kappa shape index (κ1) is 18.5. The number of ether oxygens (including phenoxy) is 1. The van der Waals surface area contributed by atoms with Gasteiger partial charge < -0.3 is 15.4 Å². The Morgan fingerprint density at radius 1 is 1.25 bits per heavy atom. The molecule has 1 atom stereocenters. The fourth-order valence-electron chi connectivity index (χ4n) is 2.54. The van der Waals surface area contributed by atoms with E-state index in [9.17, 15) is 4.79 Å². The van der Waals surface area contributed by atoms with Gasteiger partial charge in [0.25, 0.3) is 5.91 Å². The molecular formula is C19H24BrN2O2+. The Bertz CT molecular complexity index is 731. The number of anilines is 1. The van der Waals surface area contributed by atoms with Crippen LogP contribution in [0.5, 0.6) is 5.75 Å². The monoisotopic (exact) mass is 391 g/mol. The minimum Gasteiger partial charge on any atom is -0.496 e. The maximum atomic E-state index is 12.2. The van der Waals surface area contributed by atoms with Gasteiger partial charge in [0.05, 0.1) is 11.6 Å². The van der Waals surface area contributed by atoms with Gasteiger partial charge in [-0.05, 0) is 66.5 Å². The van der Waals surface area contributed by atoms with Crippen molar-refractivity contribution in [1.82, 2.24) is 0 Å². The molecule has 0 radical (unpaired) electrons. The third kappa shape index (κ3) is 4.82. The molecule has 0 aliphatic heterocycles. The minimum atomic E-state index is 0.00128. The summed E-state index contributed by atoms with van der Waals surface area (Å²) in [4.78, 5) is 12.2. The summed E-state index contributed by atoms with van der Waals surface area (Å²) in [5.41, 5.74) is 4.28. The Hall–Kier alpha value is -1.85. The number of carbonyl (C=O) groups excluding carboxylic acids is 1. The average Bonchev–Trinajstić information content (AvgIpc) is 2.55. The van der Waals surface area contributed by atoms with Gasteiger partial charge in [-0.25, -0.2) is 0 Å². The number of carbonyl (C=O) groups is 1. The van der Waals surface area contributed by atoms with E-state index in [1.54, 1.807) is 7.11 Å². The molecule has 5 heteroatoms. The maximum absolute atomic E-state index is 12.2. The smallest absolute Gasteiger partial charge is 0.279 e. The van der Waals surface area contributed by atoms with E-state index in [0.717, 1.165) is 27.0 Å². The summed E-state index contributed by atoms with van der Waals surface area (Å²) in [6, 6.07) is 12.2. The van der Waals surface area contributed by atoms with Crippen molar-refractivity contribution >= 4 is 27.5 Å². The molecule has 24 heavy (non-hydrogen) atoms. The Morgan fingerprint density at radius 3 is 2.62 bits per heavy atom. The summed E-state index contributed by atoms with van der Waals surface area (Å²) in [6.45, 7) is 6.50. The van der Waals surface area contributed by atoms with E-state index < -0.39 is 0 Å². The standard InChI is InChI=1S/C19H23BrN2O2/c1-12-5-7-17(13(2)9-12)22-19(23)11-21-14(3)15-6-8-18(24-4)16(20)10-15/h5-10,14,21H,11H2,1-4H3,(H,22,23)/p+1/t14-/m0/s1. The van der Waals surface area contributed by atoms with Crippen LogP contribution in [0.2, 0.25) is 0 Å². The first-order valence-electron chi connectivity index (χ1n) is 7.94. The second-order valence-electron chi connectivity index (χ2n) is 5.99. The van der Waals surface area contributed by atoms with Crippen LogP contribution in [-0.2, 0) is 4.79 Å². The van der Waals surface area contributed by atoms with Gasteiger partial charge in [-0.2, -0.15) is 0 Å². The van der Waals surface area contributed by atoms with Gasteiger partial charge in [0.15, 0.2) is 6.54 Å². The predicted octanol–water partition coefficient (Wildman–Crippen LogP) is 3.34. The Balaban J connectivity index is 1.92. The molecule has 0 saturated carbocycles. The molecule has 2 aromatic carbocycles. The average molecular weight is 392 g/mol. The fourth-order valence-corrected chi connectivity index (χ4v) is 3.10. The summed E-state index contributed by atoms with van der Waals surface area (Å²) in [6.07, 6.45) is 0. The van der Waals surface area contributed by atoms with E-state index in [2.05, 4.69) is 34.2 Å². The van der Waals surface area contributed by atoms with Crippen molar-refractivity contribution < 1.29 is 14.8 Å². The van der Waals surface area contributed by atoms with Crippen molar-refractivity contribution in [2.75, 3.05) is 19.0 Å². The molecule has 128 valence electrons. The number of nitrogens with two attached hydrogens (primary N) is 1. The van der Waals surface area contributed by atoms with Gasteiger partial charge in [0, 0.05) is 11.3 Å². The van der Waals surface area contributed by atoms with Crippen molar-refractivity contribution in [2.45, 2.75) is 26.8 Å². The van der Waals surface area contributed by atoms with Crippen LogP contribution in [-0.4, -0.2) is 19.6 Å². The predicted molar refractivity (Wildman–Crippen MR) is 100 cm³/mol. The number of amides is 1. The lowest BCUT2D eigenvalue weighted by molar-refractivity contribution is -0.682. The highest BCUT2D eigenvalue weighted by Crippen LogP contribution is 2.27.